The summed E-state index contributed by atoms with van der Waals surface area (Å²) >= 11 is 11.1. The van der Waals surface area contributed by atoms with Gasteiger partial charge >= 0.3 is 0 Å². The van der Waals surface area contributed by atoms with Gasteiger partial charge in [-0.3, -0.25) is 4.98 Å². The van der Waals surface area contributed by atoms with E-state index in [-0.39, 0.29) is 12.1 Å². The van der Waals surface area contributed by atoms with Gasteiger partial charge in [0.2, 0.25) is 0 Å². The van der Waals surface area contributed by atoms with Crippen molar-refractivity contribution < 1.29 is 0 Å². The highest BCUT2D eigenvalue weighted by atomic mass is 79.9. The molecule has 3 heterocycles. The number of nitrogens with one attached hydrogen (secondary N) is 1. The molecule has 3 nitrogen and oxygen atoms in total. The number of aromatic nitrogens is 1. The molecule has 0 saturated carbocycles. The summed E-state index contributed by atoms with van der Waals surface area (Å²) < 4.78 is 1.12. The van der Waals surface area contributed by atoms with Gasteiger partial charge in [-0.15, -0.1) is 11.3 Å². The van der Waals surface area contributed by atoms with Gasteiger partial charge in [-0.25, -0.2) is 0 Å². The lowest BCUT2D eigenvalue weighted by atomic mass is 10.0. The molecule has 1 aliphatic rings. The molecular weight excluding hydrogens is 438 g/mol. The molecule has 0 amide bonds. The Balaban J connectivity index is 1.78. The van der Waals surface area contributed by atoms with E-state index in [0.717, 1.165) is 20.3 Å². The van der Waals surface area contributed by atoms with Gasteiger partial charge in [0.25, 0.3) is 0 Å². The molecule has 3 aromatic rings. The smallest absolute Gasteiger partial charge is 0.174 e. The van der Waals surface area contributed by atoms with Crippen LogP contribution in [0.4, 0.5) is 5.69 Å². The average molecular weight is 458 g/mol. The van der Waals surface area contributed by atoms with Gasteiger partial charge in [-0.1, -0.05) is 32.0 Å². The van der Waals surface area contributed by atoms with E-state index in [1.165, 1.54) is 10.4 Å². The van der Waals surface area contributed by atoms with E-state index in [4.69, 9.17) is 12.2 Å². The Morgan fingerprint density at radius 3 is 2.48 bits per heavy atom. The van der Waals surface area contributed by atoms with Crippen molar-refractivity contribution in [2.75, 3.05) is 4.90 Å². The van der Waals surface area contributed by atoms with Gasteiger partial charge in [0.15, 0.2) is 5.11 Å². The number of benzene rings is 1. The maximum absolute atomic E-state index is 5.75. The van der Waals surface area contributed by atoms with Crippen LogP contribution in [0.1, 0.15) is 48.0 Å². The van der Waals surface area contributed by atoms with Gasteiger partial charge in [-0.05, 0) is 76.0 Å². The van der Waals surface area contributed by atoms with E-state index < -0.39 is 0 Å². The fraction of sp³-hybridized carbons (Fsp3) is 0.238. The first kappa shape index (κ1) is 18.6. The molecule has 0 radical (unpaired) electrons. The van der Waals surface area contributed by atoms with Crippen molar-refractivity contribution in [2.45, 2.75) is 31.8 Å². The number of pyridine rings is 1. The summed E-state index contributed by atoms with van der Waals surface area (Å²) in [4.78, 5) is 8.05. The molecule has 6 heteroatoms. The number of nitrogens with zero attached hydrogens (tertiary/aromatic N) is 2. The number of hydrogen-bond donors (Lipinski definition) is 1. The van der Waals surface area contributed by atoms with Crippen molar-refractivity contribution in [3.8, 4) is 0 Å². The Labute approximate surface area is 177 Å². The predicted molar refractivity (Wildman–Crippen MR) is 120 cm³/mol. The van der Waals surface area contributed by atoms with Gasteiger partial charge in [-0.2, -0.15) is 0 Å². The van der Waals surface area contributed by atoms with Crippen molar-refractivity contribution in [1.82, 2.24) is 10.3 Å². The summed E-state index contributed by atoms with van der Waals surface area (Å²) in [6.45, 7) is 4.42. The van der Waals surface area contributed by atoms with Crippen LogP contribution in [0.15, 0.2) is 64.6 Å². The molecule has 138 valence electrons. The molecule has 2 aromatic heterocycles. The number of halogens is 1. The molecule has 0 spiro atoms. The monoisotopic (exact) mass is 457 g/mol. The second-order valence-corrected chi connectivity index (χ2v) is 9.77. The third-order valence-electron chi connectivity index (χ3n) is 4.82. The normalized spacial score (nSPS) is 19.6. The molecule has 27 heavy (non-hydrogen) atoms. The van der Waals surface area contributed by atoms with Gasteiger partial charge < -0.3 is 10.2 Å². The minimum atomic E-state index is 0.00836. The summed E-state index contributed by atoms with van der Waals surface area (Å²) in [5, 5.41) is 4.23. The molecule has 0 unspecified atom stereocenters. The summed E-state index contributed by atoms with van der Waals surface area (Å²) in [6, 6.07) is 19.1. The minimum absolute atomic E-state index is 0.00836. The fourth-order valence-electron chi connectivity index (χ4n) is 3.43. The second kappa shape index (κ2) is 7.70. The summed E-state index contributed by atoms with van der Waals surface area (Å²) in [5.74, 6) is 0.507. The van der Waals surface area contributed by atoms with Crippen molar-refractivity contribution in [3.63, 3.8) is 0 Å². The van der Waals surface area contributed by atoms with Gasteiger partial charge in [0, 0.05) is 16.8 Å². The van der Waals surface area contributed by atoms with Crippen LogP contribution in [-0.4, -0.2) is 10.1 Å². The topological polar surface area (TPSA) is 28.2 Å². The molecule has 0 aliphatic carbocycles. The number of thiocarbonyl (C=S) groups is 1. The third-order valence-corrected chi connectivity index (χ3v) is 6.83. The van der Waals surface area contributed by atoms with Crippen LogP contribution in [0, 0.1) is 0 Å². The van der Waals surface area contributed by atoms with Crippen LogP contribution < -0.4 is 10.2 Å². The summed E-state index contributed by atoms with van der Waals surface area (Å²) in [5.41, 5.74) is 3.43. The van der Waals surface area contributed by atoms with E-state index in [1.54, 1.807) is 11.3 Å². The lowest BCUT2D eigenvalue weighted by molar-refractivity contribution is 0.575. The Morgan fingerprint density at radius 2 is 1.89 bits per heavy atom. The summed E-state index contributed by atoms with van der Waals surface area (Å²) in [7, 11) is 0. The van der Waals surface area contributed by atoms with Gasteiger partial charge in [0.05, 0.1) is 21.6 Å². The zero-order valence-corrected chi connectivity index (χ0v) is 18.3. The standard InChI is InChI=1S/C21H20BrN3S2/c1-13(2)14-6-8-15(9-7-14)25-20(17-10-11-18(22)27-17)19(24-21(25)26)16-5-3-4-12-23-16/h3-13,19-20H,1-2H3,(H,24,26)/t19-,20-/m0/s1. The number of thiophene rings is 1. The van der Waals surface area contributed by atoms with Crippen LogP contribution in [0.5, 0.6) is 0 Å². The molecule has 1 aliphatic heterocycles. The van der Waals surface area contributed by atoms with Crippen LogP contribution in [-0.2, 0) is 0 Å². The van der Waals surface area contributed by atoms with E-state index in [0.29, 0.717) is 5.92 Å². The van der Waals surface area contributed by atoms with E-state index in [9.17, 15) is 0 Å². The van der Waals surface area contributed by atoms with E-state index in [2.05, 4.69) is 87.4 Å². The zero-order valence-electron chi connectivity index (χ0n) is 15.1. The Morgan fingerprint density at radius 1 is 1.11 bits per heavy atom. The van der Waals surface area contributed by atoms with E-state index in [1.807, 2.05) is 18.3 Å². The molecule has 4 rings (SSSR count). The SMILES string of the molecule is CC(C)c1ccc(N2C(=S)N[C@@H](c3ccccn3)[C@@H]2c2ccc(Br)s2)cc1. The maximum Gasteiger partial charge on any atom is 0.174 e. The van der Waals surface area contributed by atoms with Crippen LogP contribution >= 0.6 is 39.5 Å². The van der Waals surface area contributed by atoms with Crippen molar-refractivity contribution in [3.05, 3.63) is 80.7 Å². The number of hydrogen-bond acceptors (Lipinski definition) is 3. The third kappa shape index (κ3) is 3.66. The molecule has 1 saturated heterocycles. The average Bonchev–Trinajstić information content (AvgIpc) is 3.25. The van der Waals surface area contributed by atoms with Crippen molar-refractivity contribution >= 4 is 50.3 Å². The first-order chi connectivity index (χ1) is 13.0. The van der Waals surface area contributed by atoms with Crippen molar-refractivity contribution in [1.29, 1.82) is 0 Å². The molecule has 1 aromatic carbocycles. The quantitative estimate of drug-likeness (QED) is 0.471. The highest BCUT2D eigenvalue weighted by Crippen LogP contribution is 2.44. The van der Waals surface area contributed by atoms with Crippen LogP contribution in [0.3, 0.4) is 0 Å². The zero-order chi connectivity index (χ0) is 19.0. The Kier molecular flexibility index (Phi) is 5.30. The molecule has 2 atom stereocenters. The maximum atomic E-state index is 5.75. The lowest BCUT2D eigenvalue weighted by Crippen LogP contribution is -2.29. The van der Waals surface area contributed by atoms with Gasteiger partial charge in [0.1, 0.15) is 0 Å². The first-order valence-electron chi connectivity index (χ1n) is 8.90. The van der Waals surface area contributed by atoms with Crippen LogP contribution in [0.2, 0.25) is 0 Å². The van der Waals surface area contributed by atoms with Crippen LogP contribution in [0.25, 0.3) is 0 Å². The highest BCUT2D eigenvalue weighted by Gasteiger charge is 2.41. The largest absolute Gasteiger partial charge is 0.351 e. The molecule has 0 bridgehead atoms. The van der Waals surface area contributed by atoms with Crippen molar-refractivity contribution in [2.24, 2.45) is 0 Å². The number of rotatable bonds is 4. The minimum Gasteiger partial charge on any atom is -0.351 e. The fourth-order valence-corrected chi connectivity index (χ4v) is 5.33. The Bertz CT molecular complexity index is 938. The molecule has 1 N–H and O–H groups in total. The number of anilines is 1. The predicted octanol–water partition coefficient (Wildman–Crippen LogP) is 6.21. The second-order valence-electron chi connectivity index (χ2n) is 6.88. The summed E-state index contributed by atoms with van der Waals surface area (Å²) in [6.07, 6.45) is 1.83. The van der Waals surface area contributed by atoms with E-state index >= 15 is 0 Å². The lowest BCUT2D eigenvalue weighted by Gasteiger charge is -2.27. The molecular formula is C21H20BrN3S2. The first-order valence-corrected chi connectivity index (χ1v) is 10.9. The molecule has 1 fully saturated rings. The highest BCUT2D eigenvalue weighted by molar-refractivity contribution is 9.11. The Hall–Kier alpha value is -1.76.